The monoisotopic (exact) mass is 398 g/mol. The van der Waals surface area contributed by atoms with Crippen LogP contribution in [-0.4, -0.2) is 31.0 Å². The van der Waals surface area contributed by atoms with Gasteiger partial charge in [-0.05, 0) is 25.1 Å². The number of hydrogen-bond donors (Lipinski definition) is 1. The molecule has 1 N–H and O–H groups in total. The van der Waals surface area contributed by atoms with E-state index in [1.54, 1.807) is 19.1 Å². The summed E-state index contributed by atoms with van der Waals surface area (Å²) in [4.78, 5) is 21.2. The third-order valence-corrected chi connectivity index (χ3v) is 5.69. The molecule has 2 rings (SSSR count). The van der Waals surface area contributed by atoms with Crippen LogP contribution >= 0.6 is 11.6 Å². The fraction of sp³-hybridized carbons (Fsp3) is 0.188. The van der Waals surface area contributed by atoms with Gasteiger partial charge in [0.2, 0.25) is 0 Å². The minimum absolute atomic E-state index is 0.0447. The second-order valence-electron chi connectivity index (χ2n) is 5.43. The minimum Gasteiger partial charge on any atom is -0.481 e. The maximum Gasteiger partial charge on any atom is 0.305 e. The summed E-state index contributed by atoms with van der Waals surface area (Å²) in [6, 6.07) is 9.30. The third kappa shape index (κ3) is 4.30. The number of hydrogen-bond acceptors (Lipinski definition) is 5. The molecule has 0 saturated heterocycles. The van der Waals surface area contributed by atoms with Crippen LogP contribution in [0, 0.1) is 17.0 Å². The van der Waals surface area contributed by atoms with E-state index in [9.17, 15) is 23.3 Å². The van der Waals surface area contributed by atoms with Gasteiger partial charge in [0.15, 0.2) is 0 Å². The lowest BCUT2D eigenvalue weighted by atomic mass is 10.2. The van der Waals surface area contributed by atoms with Crippen LogP contribution in [0.15, 0.2) is 47.4 Å². The summed E-state index contributed by atoms with van der Waals surface area (Å²) in [6.45, 7) is 1.36. The highest BCUT2D eigenvalue weighted by atomic mass is 35.5. The van der Waals surface area contributed by atoms with Crippen LogP contribution in [-0.2, 0) is 14.8 Å². The highest BCUT2D eigenvalue weighted by Gasteiger charge is 2.28. The average molecular weight is 399 g/mol. The quantitative estimate of drug-likeness (QED) is 0.565. The predicted molar refractivity (Wildman–Crippen MR) is 96.1 cm³/mol. The van der Waals surface area contributed by atoms with Gasteiger partial charge in [-0.2, -0.15) is 0 Å². The van der Waals surface area contributed by atoms with Crippen molar-refractivity contribution in [2.75, 3.05) is 10.8 Å². The van der Waals surface area contributed by atoms with E-state index in [0.717, 1.165) is 22.0 Å². The van der Waals surface area contributed by atoms with Gasteiger partial charge in [0, 0.05) is 18.7 Å². The first-order chi connectivity index (χ1) is 12.1. The summed E-state index contributed by atoms with van der Waals surface area (Å²) in [6.07, 6.45) is -0.496. The summed E-state index contributed by atoms with van der Waals surface area (Å²) >= 11 is 6.05. The van der Waals surface area contributed by atoms with Crippen molar-refractivity contribution in [3.8, 4) is 0 Å². The lowest BCUT2D eigenvalue weighted by molar-refractivity contribution is -0.384. The molecule has 0 unspecified atom stereocenters. The number of rotatable bonds is 7. The largest absolute Gasteiger partial charge is 0.481 e. The van der Waals surface area contributed by atoms with E-state index in [0.29, 0.717) is 0 Å². The zero-order chi connectivity index (χ0) is 19.5. The summed E-state index contributed by atoms with van der Waals surface area (Å²) in [5.74, 6) is -1.21. The first-order valence-corrected chi connectivity index (χ1v) is 9.20. The summed E-state index contributed by atoms with van der Waals surface area (Å²) < 4.78 is 26.8. The van der Waals surface area contributed by atoms with Gasteiger partial charge < -0.3 is 5.11 Å². The molecule has 10 heteroatoms. The minimum atomic E-state index is -4.17. The fourth-order valence-electron chi connectivity index (χ4n) is 2.21. The highest BCUT2D eigenvalue weighted by molar-refractivity contribution is 7.92. The smallest absolute Gasteiger partial charge is 0.305 e. The number of carbonyl (C=O) groups is 1. The number of non-ortho nitro benzene ring substituents is 1. The van der Waals surface area contributed by atoms with Crippen molar-refractivity contribution in [3.05, 3.63) is 63.2 Å². The average Bonchev–Trinajstić information content (AvgIpc) is 2.56. The van der Waals surface area contributed by atoms with E-state index in [4.69, 9.17) is 16.7 Å². The number of nitro benzene ring substituents is 1. The molecule has 8 nitrogen and oxygen atoms in total. The van der Waals surface area contributed by atoms with E-state index in [1.165, 1.54) is 18.2 Å². The molecule has 0 amide bonds. The number of carboxylic acid groups (broad SMARTS) is 1. The number of sulfonamides is 1. The third-order valence-electron chi connectivity index (χ3n) is 3.55. The molecule has 2 aromatic rings. The predicted octanol–water partition coefficient (Wildman–Crippen LogP) is 3.23. The van der Waals surface area contributed by atoms with E-state index in [1.807, 2.05) is 0 Å². The topological polar surface area (TPSA) is 118 Å². The van der Waals surface area contributed by atoms with Crippen molar-refractivity contribution in [2.24, 2.45) is 0 Å². The molecule has 0 spiro atoms. The number of benzene rings is 2. The Kier molecular flexibility index (Phi) is 5.83. The van der Waals surface area contributed by atoms with Gasteiger partial charge in [0.05, 0.1) is 26.9 Å². The molecule has 0 aliphatic heterocycles. The first kappa shape index (κ1) is 19.7. The van der Waals surface area contributed by atoms with E-state index in [-0.39, 0.29) is 21.3 Å². The maximum atomic E-state index is 13.0. The Morgan fingerprint density at radius 2 is 1.85 bits per heavy atom. The van der Waals surface area contributed by atoms with Gasteiger partial charge in [-0.3, -0.25) is 19.2 Å². The Morgan fingerprint density at radius 3 is 2.38 bits per heavy atom. The van der Waals surface area contributed by atoms with Gasteiger partial charge in [-0.15, -0.1) is 0 Å². The Morgan fingerprint density at radius 1 is 1.23 bits per heavy atom. The molecule has 0 fully saturated rings. The first-order valence-electron chi connectivity index (χ1n) is 7.38. The molecule has 0 saturated carbocycles. The lowest BCUT2D eigenvalue weighted by Crippen LogP contribution is -2.33. The van der Waals surface area contributed by atoms with E-state index in [2.05, 4.69) is 0 Å². The van der Waals surface area contributed by atoms with Gasteiger partial charge >= 0.3 is 5.97 Å². The highest BCUT2D eigenvalue weighted by Crippen LogP contribution is 2.34. The van der Waals surface area contributed by atoms with Crippen LogP contribution in [0.2, 0.25) is 5.02 Å². The molecule has 26 heavy (non-hydrogen) atoms. The second kappa shape index (κ2) is 7.71. The number of nitro groups is 1. The van der Waals surface area contributed by atoms with E-state index >= 15 is 0 Å². The Labute approximate surface area is 154 Å². The standard InChI is InChI=1S/C16H15ClN2O6S/c1-11-2-5-13(6-3-11)26(24,25)18(9-8-16(20)21)15-10-12(19(22)23)4-7-14(15)17/h2-7,10H,8-9H2,1H3,(H,20,21). The zero-order valence-corrected chi connectivity index (χ0v) is 15.2. The van der Waals surface area contributed by atoms with Crippen LogP contribution in [0.3, 0.4) is 0 Å². The Balaban J connectivity index is 2.60. The molecule has 138 valence electrons. The molecule has 0 aromatic heterocycles. The van der Waals surface area contributed by atoms with Crippen LogP contribution in [0.25, 0.3) is 0 Å². The van der Waals surface area contributed by atoms with Crippen molar-refractivity contribution < 1.29 is 23.2 Å². The molecular formula is C16H15ClN2O6S. The van der Waals surface area contributed by atoms with Crippen LogP contribution in [0.5, 0.6) is 0 Å². The maximum absolute atomic E-state index is 13.0. The van der Waals surface area contributed by atoms with Crippen molar-refractivity contribution in [3.63, 3.8) is 0 Å². The molecule has 0 radical (unpaired) electrons. The number of carboxylic acids is 1. The van der Waals surface area contributed by atoms with Crippen molar-refractivity contribution in [1.82, 2.24) is 0 Å². The zero-order valence-electron chi connectivity index (χ0n) is 13.6. The Hall–Kier alpha value is -2.65. The van der Waals surface area contributed by atoms with Gasteiger partial charge in [-0.1, -0.05) is 29.3 Å². The molecule has 0 aliphatic carbocycles. The van der Waals surface area contributed by atoms with Crippen molar-refractivity contribution in [1.29, 1.82) is 0 Å². The van der Waals surface area contributed by atoms with Crippen molar-refractivity contribution in [2.45, 2.75) is 18.2 Å². The van der Waals surface area contributed by atoms with Crippen LogP contribution in [0.1, 0.15) is 12.0 Å². The molecule has 0 aliphatic rings. The summed E-state index contributed by atoms with van der Waals surface area (Å²) in [5, 5.41) is 19.9. The van der Waals surface area contributed by atoms with Crippen molar-refractivity contribution >= 4 is 39.0 Å². The van der Waals surface area contributed by atoms with Crippen LogP contribution in [0.4, 0.5) is 11.4 Å². The van der Waals surface area contributed by atoms with Gasteiger partial charge in [-0.25, -0.2) is 8.42 Å². The number of halogens is 1. The number of aliphatic carboxylic acids is 1. The Bertz CT molecular complexity index is 944. The molecular weight excluding hydrogens is 384 g/mol. The summed E-state index contributed by atoms with van der Waals surface area (Å²) in [5.41, 5.74) is 0.334. The lowest BCUT2D eigenvalue weighted by Gasteiger charge is -2.24. The SMILES string of the molecule is Cc1ccc(S(=O)(=O)N(CCC(=O)O)c2cc([N+](=O)[O-])ccc2Cl)cc1. The fourth-order valence-corrected chi connectivity index (χ4v) is 3.96. The van der Waals surface area contributed by atoms with E-state index < -0.39 is 33.9 Å². The normalized spacial score (nSPS) is 11.2. The number of anilines is 1. The molecule has 0 atom stereocenters. The summed E-state index contributed by atoms with van der Waals surface area (Å²) in [7, 11) is -4.17. The van der Waals surface area contributed by atoms with Crippen LogP contribution < -0.4 is 4.31 Å². The van der Waals surface area contributed by atoms with Gasteiger partial charge in [0.25, 0.3) is 15.7 Å². The second-order valence-corrected chi connectivity index (χ2v) is 7.70. The molecule has 0 bridgehead atoms. The molecule has 0 heterocycles. The number of aryl methyl sites for hydroxylation is 1. The van der Waals surface area contributed by atoms with Gasteiger partial charge in [0.1, 0.15) is 0 Å². The number of nitrogens with zero attached hydrogens (tertiary/aromatic N) is 2. The molecule has 2 aromatic carbocycles.